The molecule has 20 heavy (non-hydrogen) atoms. The fourth-order valence-corrected chi connectivity index (χ4v) is 2.34. The van der Waals surface area contributed by atoms with Gasteiger partial charge < -0.3 is 14.7 Å². The van der Waals surface area contributed by atoms with Gasteiger partial charge in [0.2, 0.25) is 0 Å². The van der Waals surface area contributed by atoms with Crippen LogP contribution in [0.3, 0.4) is 0 Å². The number of rotatable bonds is 4. The van der Waals surface area contributed by atoms with E-state index in [1.54, 1.807) is 22.6 Å². The Morgan fingerprint density at radius 2 is 2.45 bits per heavy atom. The molecule has 0 bridgehead atoms. The number of azide groups is 1. The fraction of sp³-hybridized carbons (Fsp3) is 0.556. The highest BCUT2D eigenvalue weighted by Gasteiger charge is 2.37. The molecule has 1 aliphatic rings. The van der Waals surface area contributed by atoms with Crippen molar-refractivity contribution in [3.63, 3.8) is 0 Å². The van der Waals surface area contributed by atoms with Crippen molar-refractivity contribution in [1.82, 2.24) is 9.55 Å². The van der Waals surface area contributed by atoms with E-state index in [1.165, 1.54) is 10.8 Å². The molecule has 1 saturated heterocycles. The molecule has 0 radical (unpaired) electrons. The second-order valence-corrected chi connectivity index (χ2v) is 5.17. The van der Waals surface area contributed by atoms with E-state index in [4.69, 9.17) is 15.1 Å². The van der Waals surface area contributed by atoms with Gasteiger partial charge in [-0.1, -0.05) is 0 Å². The van der Waals surface area contributed by atoms with Gasteiger partial charge in [0.25, 0.3) is 5.56 Å². The van der Waals surface area contributed by atoms with Crippen LogP contribution in [0.25, 0.3) is 10.4 Å². The quantitative estimate of drug-likeness (QED) is 0.243. The van der Waals surface area contributed by atoms with Crippen molar-refractivity contribution in [2.75, 3.05) is 6.61 Å². The first-order valence-electron chi connectivity index (χ1n) is 5.54. The smallest absolute Gasteiger partial charge is 0.330 e. The summed E-state index contributed by atoms with van der Waals surface area (Å²) in [6.07, 6.45) is -0.549. The minimum absolute atomic E-state index is 0.201. The molecule has 1 fully saturated rings. The summed E-state index contributed by atoms with van der Waals surface area (Å²) < 4.78 is 6.99. The Bertz CT molecular complexity index is 651. The summed E-state index contributed by atoms with van der Waals surface area (Å²) in [6.45, 7) is -0.350. The first-order chi connectivity index (χ1) is 9.56. The number of aromatic amines is 1. The number of halogens is 1. The van der Waals surface area contributed by atoms with Gasteiger partial charge in [0.05, 0.1) is 10.2 Å². The molecule has 2 N–H and O–H groups in total. The van der Waals surface area contributed by atoms with E-state index in [0.29, 0.717) is 3.57 Å². The molecule has 0 spiro atoms. The van der Waals surface area contributed by atoms with Gasteiger partial charge in [-0.15, -0.1) is 0 Å². The predicted molar refractivity (Wildman–Crippen MR) is 73.7 cm³/mol. The molecule has 0 saturated carbocycles. The van der Waals surface area contributed by atoms with Crippen LogP contribution < -0.4 is 11.2 Å². The minimum Gasteiger partial charge on any atom is -0.427 e. The van der Waals surface area contributed by atoms with E-state index in [0.717, 1.165) is 0 Å². The Labute approximate surface area is 125 Å². The van der Waals surface area contributed by atoms with Gasteiger partial charge in [-0.25, -0.2) is 4.79 Å². The number of aliphatic hydroxyl groups excluding tert-OH is 1. The molecule has 0 aromatic carbocycles. The van der Waals surface area contributed by atoms with E-state index in [2.05, 4.69) is 15.2 Å². The topological polar surface area (TPSA) is 142 Å². The Morgan fingerprint density at radius 3 is 3.10 bits per heavy atom. The standard InChI is InChI=1S/C9H10IN5O5/c10-4-2-15(9(18)12-8(4)17)7-1-5(20-14-13-11)6(3-16)19-7/h2,5-7,16H,1,3H2,(H,12,17,18)/t5?,6-,7-/m0/s1. The Hall–Kier alpha value is -1.56. The third-order valence-corrected chi connectivity index (χ3v) is 3.58. The van der Waals surface area contributed by atoms with Crippen LogP contribution >= 0.6 is 22.6 Å². The molecule has 11 heteroatoms. The van der Waals surface area contributed by atoms with Gasteiger partial charge in [0.1, 0.15) is 23.7 Å². The molecule has 0 aliphatic carbocycles. The van der Waals surface area contributed by atoms with Crippen molar-refractivity contribution in [3.8, 4) is 0 Å². The van der Waals surface area contributed by atoms with Gasteiger partial charge in [0.15, 0.2) is 0 Å². The van der Waals surface area contributed by atoms with Crippen LogP contribution in [0.4, 0.5) is 0 Å². The van der Waals surface area contributed by atoms with Crippen LogP contribution in [0, 0.1) is 3.57 Å². The van der Waals surface area contributed by atoms with E-state index in [9.17, 15) is 14.7 Å². The molecule has 2 rings (SSSR count). The zero-order valence-corrected chi connectivity index (χ0v) is 12.1. The summed E-state index contributed by atoms with van der Waals surface area (Å²) in [5.41, 5.74) is 7.11. The van der Waals surface area contributed by atoms with Crippen LogP contribution in [0.15, 0.2) is 21.1 Å². The van der Waals surface area contributed by atoms with E-state index >= 15 is 0 Å². The molecule has 0 amide bonds. The number of hydrogen-bond donors (Lipinski definition) is 2. The molecule has 2 heterocycles. The monoisotopic (exact) mass is 395 g/mol. The number of hydrogen-bond acceptors (Lipinski definition) is 6. The number of nitrogens with zero attached hydrogens (tertiary/aromatic N) is 4. The first-order valence-corrected chi connectivity index (χ1v) is 6.62. The van der Waals surface area contributed by atoms with E-state index < -0.39 is 29.7 Å². The van der Waals surface area contributed by atoms with Gasteiger partial charge in [0, 0.05) is 17.5 Å². The van der Waals surface area contributed by atoms with Crippen molar-refractivity contribution in [1.29, 1.82) is 0 Å². The lowest BCUT2D eigenvalue weighted by molar-refractivity contribution is -0.0626. The molecule has 10 nitrogen and oxygen atoms in total. The maximum Gasteiger partial charge on any atom is 0.330 e. The van der Waals surface area contributed by atoms with E-state index in [1.807, 2.05) is 0 Å². The molecule has 3 atom stereocenters. The maximum atomic E-state index is 11.7. The highest BCUT2D eigenvalue weighted by Crippen LogP contribution is 2.29. The first kappa shape index (κ1) is 14.8. The lowest BCUT2D eigenvalue weighted by Crippen LogP contribution is -2.33. The largest absolute Gasteiger partial charge is 0.427 e. The number of H-pyrrole nitrogens is 1. The van der Waals surface area contributed by atoms with Crippen LogP contribution in [0.2, 0.25) is 0 Å². The van der Waals surface area contributed by atoms with Crippen molar-refractivity contribution < 1.29 is 14.7 Å². The summed E-state index contributed by atoms with van der Waals surface area (Å²) >= 11 is 1.79. The summed E-state index contributed by atoms with van der Waals surface area (Å²) in [6, 6.07) is 0. The molecule has 1 aromatic heterocycles. The maximum absolute atomic E-state index is 11.7. The average molecular weight is 395 g/mol. The molecule has 1 unspecified atom stereocenters. The zero-order chi connectivity index (χ0) is 14.7. The Morgan fingerprint density at radius 1 is 1.70 bits per heavy atom. The van der Waals surface area contributed by atoms with E-state index in [-0.39, 0.29) is 13.0 Å². The van der Waals surface area contributed by atoms with Crippen LogP contribution in [0.1, 0.15) is 12.6 Å². The van der Waals surface area contributed by atoms with Crippen LogP contribution in [0.5, 0.6) is 0 Å². The third-order valence-electron chi connectivity index (χ3n) is 2.81. The van der Waals surface area contributed by atoms with Crippen molar-refractivity contribution >= 4 is 22.6 Å². The predicted octanol–water partition coefficient (Wildman–Crippen LogP) is 0.0315. The summed E-state index contributed by atoms with van der Waals surface area (Å²) in [4.78, 5) is 32.5. The van der Waals surface area contributed by atoms with Crippen LogP contribution in [-0.2, 0) is 9.57 Å². The number of aromatic nitrogens is 2. The van der Waals surface area contributed by atoms with Gasteiger partial charge >= 0.3 is 5.69 Å². The SMILES string of the molecule is [N-]=[N+]=NOC1C[C@@H](n2cc(I)c(=O)[nH]c2=O)O[C@H]1CO. The number of aliphatic hydroxyl groups is 1. The normalized spacial score (nSPS) is 25.2. The lowest BCUT2D eigenvalue weighted by Gasteiger charge is -2.14. The average Bonchev–Trinajstić information content (AvgIpc) is 2.83. The molecule has 1 aliphatic heterocycles. The summed E-state index contributed by atoms with van der Waals surface area (Å²) in [5.74, 6) is 0. The van der Waals surface area contributed by atoms with Crippen molar-refractivity contribution in [3.05, 3.63) is 41.0 Å². The van der Waals surface area contributed by atoms with Gasteiger partial charge in [-0.05, 0) is 28.1 Å². The van der Waals surface area contributed by atoms with Crippen LogP contribution in [-0.4, -0.2) is 33.5 Å². The molecular weight excluding hydrogens is 385 g/mol. The Balaban J connectivity index is 2.27. The fourth-order valence-electron chi connectivity index (χ4n) is 1.90. The second kappa shape index (κ2) is 6.26. The minimum atomic E-state index is -0.720. The third kappa shape index (κ3) is 2.95. The second-order valence-electron chi connectivity index (χ2n) is 4.01. The Kier molecular flexibility index (Phi) is 4.65. The zero-order valence-electron chi connectivity index (χ0n) is 9.97. The van der Waals surface area contributed by atoms with Gasteiger partial charge in [-0.3, -0.25) is 14.3 Å². The highest BCUT2D eigenvalue weighted by atomic mass is 127. The molecule has 1 aromatic rings. The lowest BCUT2D eigenvalue weighted by atomic mass is 10.2. The summed E-state index contributed by atoms with van der Waals surface area (Å²) in [7, 11) is 0. The van der Waals surface area contributed by atoms with Crippen molar-refractivity contribution in [2.45, 2.75) is 24.9 Å². The number of ether oxygens (including phenoxy) is 1. The van der Waals surface area contributed by atoms with Gasteiger partial charge in [-0.2, -0.15) is 0 Å². The molecule has 108 valence electrons. The highest BCUT2D eigenvalue weighted by molar-refractivity contribution is 14.1. The van der Waals surface area contributed by atoms with Crippen molar-refractivity contribution in [2.24, 2.45) is 5.28 Å². The molecular formula is C9H10IN5O5. The number of nitrogens with one attached hydrogen (secondary N) is 1. The summed E-state index contributed by atoms with van der Waals surface area (Å²) in [5, 5.41) is 12.2.